The van der Waals surface area contributed by atoms with E-state index in [1.54, 1.807) is 12.1 Å². The molecule has 1 atom stereocenters. The highest BCUT2D eigenvalue weighted by Crippen LogP contribution is 2.32. The molecule has 0 aliphatic carbocycles. The second-order valence-electron chi connectivity index (χ2n) is 5.81. The van der Waals surface area contributed by atoms with Gasteiger partial charge in [-0.1, -0.05) is 18.2 Å². The molecule has 2 N–H and O–H groups in total. The number of anilines is 1. The normalized spacial score (nSPS) is 18.2. The molecule has 2 aromatic rings. The van der Waals surface area contributed by atoms with Gasteiger partial charge in [-0.2, -0.15) is 0 Å². The fourth-order valence-electron chi connectivity index (χ4n) is 2.90. The van der Waals surface area contributed by atoms with Gasteiger partial charge in [0.2, 0.25) is 5.91 Å². The largest absolute Gasteiger partial charge is 0.488 e. The molecule has 2 heterocycles. The Hall–Kier alpha value is -2.47. The number of ether oxygens (including phenoxy) is 1. The van der Waals surface area contributed by atoms with Gasteiger partial charge in [-0.25, -0.2) is 0 Å². The van der Waals surface area contributed by atoms with Gasteiger partial charge >= 0.3 is 0 Å². The molecule has 0 spiro atoms. The van der Waals surface area contributed by atoms with E-state index in [4.69, 9.17) is 4.74 Å². The van der Waals surface area contributed by atoms with Crippen molar-refractivity contribution in [2.75, 3.05) is 17.6 Å². The highest BCUT2D eigenvalue weighted by molar-refractivity contribution is 8.00. The van der Waals surface area contributed by atoms with E-state index in [1.165, 1.54) is 17.3 Å². The van der Waals surface area contributed by atoms with Crippen molar-refractivity contribution in [2.45, 2.75) is 17.4 Å². The van der Waals surface area contributed by atoms with Gasteiger partial charge in [0.25, 0.3) is 5.91 Å². The number of carbonyl (C=O) groups excluding carboxylic acids is 2. The lowest BCUT2D eigenvalue weighted by atomic mass is 10.1. The molecule has 0 saturated heterocycles. The van der Waals surface area contributed by atoms with Gasteiger partial charge in [0.05, 0.1) is 18.0 Å². The summed E-state index contributed by atoms with van der Waals surface area (Å²) < 4.78 is 5.82. The Morgan fingerprint density at radius 1 is 1.29 bits per heavy atom. The molecular formula is C18H16N2O3S. The number of thioether (sulfide) groups is 1. The highest BCUT2D eigenvalue weighted by atomic mass is 32.2. The Kier molecular flexibility index (Phi) is 3.90. The van der Waals surface area contributed by atoms with E-state index in [2.05, 4.69) is 10.6 Å². The molecule has 0 unspecified atom stereocenters. The van der Waals surface area contributed by atoms with Gasteiger partial charge in [0, 0.05) is 16.9 Å². The number of carbonyl (C=O) groups is 2. The lowest BCUT2D eigenvalue weighted by Crippen LogP contribution is -2.34. The number of rotatable bonds is 3. The van der Waals surface area contributed by atoms with E-state index in [1.807, 2.05) is 30.3 Å². The first-order chi connectivity index (χ1) is 11.7. The Bertz CT molecular complexity index is 797. The molecule has 24 heavy (non-hydrogen) atoms. The summed E-state index contributed by atoms with van der Waals surface area (Å²) in [7, 11) is 0. The van der Waals surface area contributed by atoms with E-state index in [0.717, 1.165) is 17.1 Å². The van der Waals surface area contributed by atoms with Crippen molar-refractivity contribution >= 4 is 29.3 Å². The average Bonchev–Trinajstić information content (AvgIpc) is 3.02. The zero-order chi connectivity index (χ0) is 16.5. The minimum atomic E-state index is -0.165. The average molecular weight is 340 g/mol. The molecule has 0 saturated carbocycles. The monoisotopic (exact) mass is 340 g/mol. The number of nitrogens with one attached hydrogen (secondary N) is 2. The van der Waals surface area contributed by atoms with E-state index in [-0.39, 0.29) is 17.9 Å². The summed E-state index contributed by atoms with van der Waals surface area (Å²) in [5.41, 5.74) is 2.41. The maximum Gasteiger partial charge on any atom is 0.251 e. The van der Waals surface area contributed by atoms with Crippen LogP contribution in [0.15, 0.2) is 47.4 Å². The first-order valence-corrected chi connectivity index (χ1v) is 8.77. The zero-order valence-electron chi connectivity index (χ0n) is 12.9. The molecule has 2 aromatic carbocycles. The SMILES string of the molecule is O=C1CSc2ccc(C(=O)NC[C@@H]3Cc4ccccc4O3)cc2N1. The summed E-state index contributed by atoms with van der Waals surface area (Å²) in [5, 5.41) is 5.71. The maximum atomic E-state index is 12.4. The molecule has 0 fully saturated rings. The summed E-state index contributed by atoms with van der Waals surface area (Å²) in [4.78, 5) is 24.8. The Labute approximate surface area is 143 Å². The molecule has 2 aliphatic rings. The molecule has 2 amide bonds. The molecule has 2 aliphatic heterocycles. The molecule has 0 aromatic heterocycles. The van der Waals surface area contributed by atoms with Crippen LogP contribution in [0, 0.1) is 0 Å². The zero-order valence-corrected chi connectivity index (χ0v) is 13.7. The van der Waals surface area contributed by atoms with Crippen LogP contribution in [0.25, 0.3) is 0 Å². The van der Waals surface area contributed by atoms with Crippen LogP contribution in [-0.2, 0) is 11.2 Å². The molecular weight excluding hydrogens is 324 g/mol. The quantitative estimate of drug-likeness (QED) is 0.901. The van der Waals surface area contributed by atoms with Crippen LogP contribution >= 0.6 is 11.8 Å². The second-order valence-corrected chi connectivity index (χ2v) is 6.83. The van der Waals surface area contributed by atoms with Crippen molar-refractivity contribution in [1.82, 2.24) is 5.32 Å². The Balaban J connectivity index is 1.39. The minimum absolute atomic E-state index is 0.0396. The Morgan fingerprint density at radius 3 is 3.04 bits per heavy atom. The second kappa shape index (κ2) is 6.20. The van der Waals surface area contributed by atoms with Gasteiger partial charge in [-0.15, -0.1) is 11.8 Å². The minimum Gasteiger partial charge on any atom is -0.488 e. The van der Waals surface area contributed by atoms with Crippen molar-refractivity contribution in [3.63, 3.8) is 0 Å². The van der Waals surface area contributed by atoms with Crippen LogP contribution in [0.2, 0.25) is 0 Å². The lowest BCUT2D eigenvalue weighted by molar-refractivity contribution is -0.113. The maximum absolute atomic E-state index is 12.4. The number of fused-ring (bicyclic) bond motifs is 2. The standard InChI is InChI=1S/C18H16N2O3S/c21-17-10-24-16-6-5-12(8-14(16)20-17)18(22)19-9-13-7-11-3-1-2-4-15(11)23-13/h1-6,8,13H,7,9-10H2,(H,19,22)(H,20,21)/t13-/m0/s1. The summed E-state index contributed by atoms with van der Waals surface area (Å²) in [6, 6.07) is 13.3. The van der Waals surface area contributed by atoms with Crippen LogP contribution < -0.4 is 15.4 Å². The third-order valence-corrected chi connectivity index (χ3v) is 5.15. The number of benzene rings is 2. The van der Waals surface area contributed by atoms with E-state index >= 15 is 0 Å². The molecule has 0 radical (unpaired) electrons. The fourth-order valence-corrected chi connectivity index (χ4v) is 3.69. The van der Waals surface area contributed by atoms with Gasteiger partial charge in [0.15, 0.2) is 0 Å². The summed E-state index contributed by atoms with van der Waals surface area (Å²) in [5.74, 6) is 1.10. The Morgan fingerprint density at radius 2 is 2.17 bits per heavy atom. The third-order valence-electron chi connectivity index (χ3n) is 4.08. The molecule has 5 nitrogen and oxygen atoms in total. The van der Waals surface area contributed by atoms with Crippen molar-refractivity contribution in [1.29, 1.82) is 0 Å². The van der Waals surface area contributed by atoms with Gasteiger partial charge in [-0.3, -0.25) is 9.59 Å². The molecule has 0 bridgehead atoms. The topological polar surface area (TPSA) is 67.4 Å². The number of hydrogen-bond acceptors (Lipinski definition) is 4. The predicted octanol–water partition coefficient (Wildman–Crippen LogP) is 2.46. The van der Waals surface area contributed by atoms with Crippen LogP contribution in [0.5, 0.6) is 5.75 Å². The van der Waals surface area contributed by atoms with Crippen LogP contribution in [0.4, 0.5) is 5.69 Å². The summed E-state index contributed by atoms with van der Waals surface area (Å²) in [6.45, 7) is 0.450. The first kappa shape index (κ1) is 15.1. The van der Waals surface area contributed by atoms with E-state index in [9.17, 15) is 9.59 Å². The number of amides is 2. The van der Waals surface area contributed by atoms with Crippen LogP contribution in [-0.4, -0.2) is 30.2 Å². The van der Waals surface area contributed by atoms with Crippen molar-refractivity contribution < 1.29 is 14.3 Å². The third kappa shape index (κ3) is 2.97. The smallest absolute Gasteiger partial charge is 0.251 e. The molecule has 4 rings (SSSR count). The van der Waals surface area contributed by atoms with Gasteiger partial charge < -0.3 is 15.4 Å². The first-order valence-electron chi connectivity index (χ1n) is 7.78. The molecule has 6 heteroatoms. The lowest BCUT2D eigenvalue weighted by Gasteiger charge is -2.17. The van der Waals surface area contributed by atoms with Crippen molar-refractivity contribution in [2.24, 2.45) is 0 Å². The predicted molar refractivity (Wildman–Crippen MR) is 92.7 cm³/mol. The van der Waals surface area contributed by atoms with Crippen molar-refractivity contribution in [3.05, 3.63) is 53.6 Å². The fraction of sp³-hybridized carbons (Fsp3) is 0.222. The highest BCUT2D eigenvalue weighted by Gasteiger charge is 2.23. The number of hydrogen-bond donors (Lipinski definition) is 2. The van der Waals surface area contributed by atoms with E-state index in [0.29, 0.717) is 23.5 Å². The van der Waals surface area contributed by atoms with Crippen LogP contribution in [0.1, 0.15) is 15.9 Å². The summed E-state index contributed by atoms with van der Waals surface area (Å²) >= 11 is 1.48. The van der Waals surface area contributed by atoms with E-state index < -0.39 is 0 Å². The van der Waals surface area contributed by atoms with Crippen LogP contribution in [0.3, 0.4) is 0 Å². The number of para-hydroxylation sites is 1. The van der Waals surface area contributed by atoms with Gasteiger partial charge in [-0.05, 0) is 29.8 Å². The molecule has 122 valence electrons. The van der Waals surface area contributed by atoms with Crippen molar-refractivity contribution in [3.8, 4) is 5.75 Å². The van der Waals surface area contributed by atoms with Gasteiger partial charge in [0.1, 0.15) is 11.9 Å². The summed E-state index contributed by atoms with van der Waals surface area (Å²) in [6.07, 6.45) is 0.757.